The number of para-hydroxylation sites is 1. The Labute approximate surface area is 167 Å². The van der Waals surface area contributed by atoms with Crippen molar-refractivity contribution < 1.29 is 9.18 Å². The molecule has 1 saturated heterocycles. The summed E-state index contributed by atoms with van der Waals surface area (Å²) in [5, 5.41) is 0.704. The van der Waals surface area contributed by atoms with Gasteiger partial charge in [-0.3, -0.25) is 14.2 Å². The number of carbonyl (C=O) groups excluding carboxylic acids is 1. The minimum Gasteiger partial charge on any atom is -0.366 e. The van der Waals surface area contributed by atoms with Crippen LogP contribution in [0.15, 0.2) is 34.2 Å². The SMILES string of the molecule is Cc1nc2n(c(=O)c1C)C(CC(=O)N1CCN(c3ccccc3F)CC1)CS2. The zero-order chi connectivity index (χ0) is 19.8. The van der Waals surface area contributed by atoms with Gasteiger partial charge in [0.25, 0.3) is 5.56 Å². The summed E-state index contributed by atoms with van der Waals surface area (Å²) in [5.41, 5.74) is 1.93. The molecule has 1 atom stereocenters. The van der Waals surface area contributed by atoms with E-state index in [1.807, 2.05) is 22.8 Å². The average molecular weight is 402 g/mol. The minimum absolute atomic E-state index is 0.0387. The molecule has 2 aliphatic rings. The molecule has 0 aliphatic carbocycles. The van der Waals surface area contributed by atoms with Crippen molar-refractivity contribution in [1.82, 2.24) is 14.5 Å². The van der Waals surface area contributed by atoms with Gasteiger partial charge in [-0.1, -0.05) is 23.9 Å². The molecule has 1 unspecified atom stereocenters. The van der Waals surface area contributed by atoms with Crippen LogP contribution in [0.5, 0.6) is 0 Å². The van der Waals surface area contributed by atoms with Gasteiger partial charge in [0.15, 0.2) is 5.16 Å². The lowest BCUT2D eigenvalue weighted by Crippen LogP contribution is -2.49. The van der Waals surface area contributed by atoms with Gasteiger partial charge in [0.1, 0.15) is 5.82 Å². The van der Waals surface area contributed by atoms with Gasteiger partial charge < -0.3 is 9.80 Å². The molecule has 0 N–H and O–H groups in total. The molecule has 1 fully saturated rings. The minimum atomic E-state index is -0.237. The lowest BCUT2D eigenvalue weighted by atomic mass is 10.1. The first-order valence-corrected chi connectivity index (χ1v) is 10.4. The Bertz CT molecular complexity index is 969. The van der Waals surface area contributed by atoms with Crippen LogP contribution in [0.25, 0.3) is 0 Å². The molecule has 28 heavy (non-hydrogen) atoms. The number of rotatable bonds is 3. The number of hydrogen-bond acceptors (Lipinski definition) is 5. The van der Waals surface area contributed by atoms with Crippen LogP contribution < -0.4 is 10.5 Å². The predicted molar refractivity (Wildman–Crippen MR) is 108 cm³/mol. The average Bonchev–Trinajstić information content (AvgIpc) is 3.09. The van der Waals surface area contributed by atoms with Crippen LogP contribution in [0.3, 0.4) is 0 Å². The fraction of sp³-hybridized carbons (Fsp3) is 0.450. The molecule has 1 amide bonds. The van der Waals surface area contributed by atoms with Crippen LogP contribution in [0, 0.1) is 19.7 Å². The summed E-state index contributed by atoms with van der Waals surface area (Å²) in [6, 6.07) is 6.56. The fourth-order valence-corrected chi connectivity index (χ4v) is 4.94. The second-order valence-electron chi connectivity index (χ2n) is 7.27. The van der Waals surface area contributed by atoms with E-state index in [0.717, 1.165) is 5.69 Å². The molecule has 8 heteroatoms. The topological polar surface area (TPSA) is 58.4 Å². The van der Waals surface area contributed by atoms with E-state index in [4.69, 9.17) is 0 Å². The summed E-state index contributed by atoms with van der Waals surface area (Å²) in [4.78, 5) is 33.7. The molecule has 3 heterocycles. The fourth-order valence-electron chi connectivity index (χ4n) is 3.76. The van der Waals surface area contributed by atoms with Crippen molar-refractivity contribution in [2.45, 2.75) is 31.5 Å². The molecule has 0 radical (unpaired) electrons. The van der Waals surface area contributed by atoms with Crippen molar-refractivity contribution in [3.8, 4) is 0 Å². The summed E-state index contributed by atoms with van der Waals surface area (Å²) in [5.74, 6) is 0.489. The van der Waals surface area contributed by atoms with Crippen LogP contribution >= 0.6 is 11.8 Å². The molecule has 0 saturated carbocycles. The van der Waals surface area contributed by atoms with Gasteiger partial charge in [-0.15, -0.1) is 0 Å². The van der Waals surface area contributed by atoms with Crippen molar-refractivity contribution in [3.63, 3.8) is 0 Å². The standard InChI is InChI=1S/C20H23FN4O2S/c1-13-14(2)22-20-25(19(13)27)15(12-28-20)11-18(26)24-9-7-23(8-10-24)17-6-4-3-5-16(17)21/h3-6,15H,7-12H2,1-2H3. The van der Waals surface area contributed by atoms with E-state index < -0.39 is 0 Å². The number of piperazine rings is 1. The lowest BCUT2D eigenvalue weighted by molar-refractivity contribution is -0.132. The lowest BCUT2D eigenvalue weighted by Gasteiger charge is -2.36. The number of benzene rings is 1. The predicted octanol–water partition coefficient (Wildman–Crippen LogP) is 2.38. The van der Waals surface area contributed by atoms with Crippen LogP contribution in [-0.2, 0) is 4.79 Å². The van der Waals surface area contributed by atoms with Crippen LogP contribution in [-0.4, -0.2) is 52.3 Å². The van der Waals surface area contributed by atoms with Gasteiger partial charge in [-0.2, -0.15) is 0 Å². The molecule has 1 aromatic heterocycles. The molecule has 2 aromatic rings. The zero-order valence-corrected chi connectivity index (χ0v) is 16.8. The summed E-state index contributed by atoms with van der Waals surface area (Å²) in [7, 11) is 0. The van der Waals surface area contributed by atoms with E-state index in [0.29, 0.717) is 54.8 Å². The number of carbonyl (C=O) groups is 1. The molecular weight excluding hydrogens is 379 g/mol. The molecule has 0 bridgehead atoms. The Kier molecular flexibility index (Phi) is 5.14. The first-order chi connectivity index (χ1) is 13.5. The monoisotopic (exact) mass is 402 g/mol. The van der Waals surface area contributed by atoms with E-state index in [1.165, 1.54) is 17.8 Å². The highest BCUT2D eigenvalue weighted by Gasteiger charge is 2.31. The van der Waals surface area contributed by atoms with Gasteiger partial charge in [0.05, 0.1) is 11.7 Å². The van der Waals surface area contributed by atoms with Crippen molar-refractivity contribution in [2.75, 3.05) is 36.8 Å². The maximum atomic E-state index is 14.0. The third kappa shape index (κ3) is 3.41. The van der Waals surface area contributed by atoms with Gasteiger partial charge in [-0.25, -0.2) is 9.37 Å². The highest BCUT2D eigenvalue weighted by Crippen LogP contribution is 2.33. The molecule has 2 aliphatic heterocycles. The number of aryl methyl sites for hydroxylation is 1. The Morgan fingerprint density at radius 1 is 1.21 bits per heavy atom. The Morgan fingerprint density at radius 3 is 2.64 bits per heavy atom. The Hall–Kier alpha value is -2.35. The normalized spacial score (nSPS) is 19.0. The Morgan fingerprint density at radius 2 is 1.93 bits per heavy atom. The molecule has 6 nitrogen and oxygen atoms in total. The third-order valence-corrected chi connectivity index (χ3v) is 6.66. The highest BCUT2D eigenvalue weighted by atomic mass is 32.2. The number of aromatic nitrogens is 2. The van der Waals surface area contributed by atoms with Crippen molar-refractivity contribution in [3.05, 3.63) is 51.7 Å². The highest BCUT2D eigenvalue weighted by molar-refractivity contribution is 7.99. The van der Waals surface area contributed by atoms with Crippen LogP contribution in [0.1, 0.15) is 23.7 Å². The number of nitrogens with zero attached hydrogens (tertiary/aromatic N) is 4. The van der Waals surface area contributed by atoms with Crippen molar-refractivity contribution >= 4 is 23.4 Å². The second kappa shape index (κ2) is 7.58. The smallest absolute Gasteiger partial charge is 0.257 e. The number of hydrogen-bond donors (Lipinski definition) is 0. The first kappa shape index (κ1) is 19.0. The Balaban J connectivity index is 1.41. The zero-order valence-electron chi connectivity index (χ0n) is 16.0. The number of amides is 1. The number of thioether (sulfide) groups is 1. The first-order valence-electron chi connectivity index (χ1n) is 9.45. The van der Waals surface area contributed by atoms with Crippen LogP contribution in [0.4, 0.5) is 10.1 Å². The van der Waals surface area contributed by atoms with E-state index in [2.05, 4.69) is 4.98 Å². The van der Waals surface area contributed by atoms with Crippen molar-refractivity contribution in [2.24, 2.45) is 0 Å². The van der Waals surface area contributed by atoms with Crippen molar-refractivity contribution in [1.29, 1.82) is 0 Å². The van der Waals surface area contributed by atoms with Crippen LogP contribution in [0.2, 0.25) is 0 Å². The number of fused-ring (bicyclic) bond motifs is 1. The third-order valence-electron chi connectivity index (χ3n) is 5.56. The van der Waals surface area contributed by atoms with E-state index in [9.17, 15) is 14.0 Å². The molecular formula is C20H23FN4O2S. The maximum absolute atomic E-state index is 14.0. The summed E-state index contributed by atoms with van der Waals surface area (Å²) in [6.45, 7) is 5.93. The summed E-state index contributed by atoms with van der Waals surface area (Å²) in [6.07, 6.45) is 0.295. The maximum Gasteiger partial charge on any atom is 0.257 e. The number of halogens is 1. The van der Waals surface area contributed by atoms with Gasteiger partial charge in [0.2, 0.25) is 5.91 Å². The van der Waals surface area contributed by atoms with Gasteiger partial charge >= 0.3 is 0 Å². The molecule has 148 valence electrons. The summed E-state index contributed by atoms with van der Waals surface area (Å²) < 4.78 is 15.7. The van der Waals surface area contributed by atoms with Gasteiger partial charge in [-0.05, 0) is 26.0 Å². The van der Waals surface area contributed by atoms with E-state index in [-0.39, 0.29) is 23.3 Å². The largest absolute Gasteiger partial charge is 0.366 e. The molecule has 0 spiro atoms. The second-order valence-corrected chi connectivity index (χ2v) is 8.26. The molecule has 4 rings (SSSR count). The number of anilines is 1. The van der Waals surface area contributed by atoms with E-state index in [1.54, 1.807) is 23.6 Å². The molecule has 1 aromatic carbocycles. The quantitative estimate of drug-likeness (QED) is 0.738. The van der Waals surface area contributed by atoms with Gasteiger partial charge in [0, 0.05) is 49.6 Å². The summed E-state index contributed by atoms with van der Waals surface area (Å²) >= 11 is 1.53. The van der Waals surface area contributed by atoms with E-state index >= 15 is 0 Å².